The number of aromatic amines is 1. The van der Waals surface area contributed by atoms with E-state index in [0.717, 1.165) is 29.7 Å². The van der Waals surface area contributed by atoms with E-state index in [1.807, 2.05) is 24.4 Å². The molecule has 2 atom stereocenters. The lowest BCUT2D eigenvalue weighted by atomic mass is 9.83. The number of carboxylic acid groups (broad SMARTS) is 1. The molecule has 1 fully saturated rings. The molecular formula is C13H15N3O2. The summed E-state index contributed by atoms with van der Waals surface area (Å²) in [6.45, 7) is 1.37. The largest absolute Gasteiger partial charge is 0.481 e. The van der Waals surface area contributed by atoms with Crippen LogP contribution in [-0.4, -0.2) is 34.1 Å². The molecule has 0 aliphatic carbocycles. The number of H-pyrrole nitrogens is 1. The number of nitrogens with zero attached hydrogens (tertiary/aromatic N) is 1. The second kappa shape index (κ2) is 4.42. The van der Waals surface area contributed by atoms with E-state index in [1.54, 1.807) is 0 Å². The minimum atomic E-state index is -0.747. The topological polar surface area (TPSA) is 78.0 Å². The Balaban J connectivity index is 1.97. The molecule has 0 aromatic carbocycles. The molecule has 0 radical (unpaired) electrons. The smallest absolute Gasteiger partial charge is 0.308 e. The van der Waals surface area contributed by atoms with Crippen LogP contribution >= 0.6 is 0 Å². The Labute approximate surface area is 104 Å². The predicted octanol–water partition coefficient (Wildman–Crippen LogP) is 1.34. The van der Waals surface area contributed by atoms with Crippen LogP contribution in [0.1, 0.15) is 18.0 Å². The number of carbonyl (C=O) groups is 1. The maximum Gasteiger partial charge on any atom is 0.308 e. The fourth-order valence-electron chi connectivity index (χ4n) is 2.63. The van der Waals surface area contributed by atoms with Gasteiger partial charge in [0.1, 0.15) is 0 Å². The Bertz CT molecular complexity index is 578. The molecule has 18 heavy (non-hydrogen) atoms. The molecule has 2 aromatic heterocycles. The summed E-state index contributed by atoms with van der Waals surface area (Å²) in [5, 5.41) is 12.4. The van der Waals surface area contributed by atoms with Gasteiger partial charge in [0.25, 0.3) is 0 Å². The summed E-state index contributed by atoms with van der Waals surface area (Å²) in [5.41, 5.74) is 2.77. The molecular weight excluding hydrogens is 230 g/mol. The van der Waals surface area contributed by atoms with E-state index >= 15 is 0 Å². The van der Waals surface area contributed by atoms with Crippen LogP contribution in [0.4, 0.5) is 0 Å². The zero-order valence-electron chi connectivity index (χ0n) is 9.89. The average Bonchev–Trinajstić information content (AvgIpc) is 2.85. The van der Waals surface area contributed by atoms with Crippen molar-refractivity contribution in [3.05, 3.63) is 30.1 Å². The van der Waals surface area contributed by atoms with Gasteiger partial charge >= 0.3 is 5.97 Å². The Morgan fingerprint density at radius 1 is 1.39 bits per heavy atom. The fourth-order valence-corrected chi connectivity index (χ4v) is 2.63. The quantitative estimate of drug-likeness (QED) is 0.746. The van der Waals surface area contributed by atoms with E-state index in [4.69, 9.17) is 0 Å². The number of rotatable bonds is 2. The third-order valence-electron chi connectivity index (χ3n) is 3.61. The summed E-state index contributed by atoms with van der Waals surface area (Å²) in [5.74, 6) is -1.13. The molecule has 5 heteroatoms. The molecule has 3 N–H and O–H groups in total. The Morgan fingerprint density at radius 3 is 3.11 bits per heavy atom. The summed E-state index contributed by atoms with van der Waals surface area (Å²) < 4.78 is 0. The molecule has 94 valence electrons. The molecule has 3 heterocycles. The van der Waals surface area contributed by atoms with Gasteiger partial charge in [-0.15, -0.1) is 0 Å². The van der Waals surface area contributed by atoms with Crippen LogP contribution in [0.25, 0.3) is 11.0 Å². The van der Waals surface area contributed by atoms with Gasteiger partial charge in [0.15, 0.2) is 0 Å². The fraction of sp³-hybridized carbons (Fsp3) is 0.385. The average molecular weight is 245 g/mol. The Morgan fingerprint density at radius 2 is 2.28 bits per heavy atom. The lowest BCUT2D eigenvalue weighted by molar-refractivity contribution is -0.143. The van der Waals surface area contributed by atoms with Crippen LogP contribution in [0.2, 0.25) is 0 Å². The number of nitrogens with one attached hydrogen (secondary N) is 2. The van der Waals surface area contributed by atoms with Crippen molar-refractivity contribution < 1.29 is 9.90 Å². The van der Waals surface area contributed by atoms with Gasteiger partial charge in [-0.1, -0.05) is 0 Å². The molecule has 0 saturated carbocycles. The van der Waals surface area contributed by atoms with E-state index < -0.39 is 5.97 Å². The van der Waals surface area contributed by atoms with E-state index in [0.29, 0.717) is 6.54 Å². The third-order valence-corrected chi connectivity index (χ3v) is 3.61. The van der Waals surface area contributed by atoms with E-state index in [9.17, 15) is 9.90 Å². The van der Waals surface area contributed by atoms with Crippen LogP contribution in [0.15, 0.2) is 24.4 Å². The monoisotopic (exact) mass is 245 g/mol. The van der Waals surface area contributed by atoms with E-state index in [1.165, 1.54) is 0 Å². The predicted molar refractivity (Wildman–Crippen MR) is 67.4 cm³/mol. The van der Waals surface area contributed by atoms with Crippen molar-refractivity contribution in [2.75, 3.05) is 13.1 Å². The number of fused-ring (bicyclic) bond motifs is 1. The molecule has 1 aliphatic heterocycles. The van der Waals surface area contributed by atoms with Gasteiger partial charge in [-0.05, 0) is 31.2 Å². The van der Waals surface area contributed by atoms with Crippen LogP contribution in [0.3, 0.4) is 0 Å². The summed E-state index contributed by atoms with van der Waals surface area (Å²) in [6, 6.07) is 5.82. The second-order valence-corrected chi connectivity index (χ2v) is 4.69. The number of hydrogen-bond donors (Lipinski definition) is 3. The highest BCUT2D eigenvalue weighted by Crippen LogP contribution is 2.30. The Hall–Kier alpha value is -1.88. The van der Waals surface area contributed by atoms with Crippen molar-refractivity contribution >= 4 is 17.0 Å². The van der Waals surface area contributed by atoms with Gasteiger partial charge in [0.2, 0.25) is 0 Å². The van der Waals surface area contributed by atoms with Crippen LogP contribution in [0.5, 0.6) is 0 Å². The lowest BCUT2D eigenvalue weighted by Gasteiger charge is -2.28. The highest BCUT2D eigenvalue weighted by Gasteiger charge is 2.32. The van der Waals surface area contributed by atoms with Crippen molar-refractivity contribution in [2.45, 2.75) is 12.3 Å². The number of aliphatic carboxylic acids is 1. The van der Waals surface area contributed by atoms with Gasteiger partial charge in [-0.3, -0.25) is 9.78 Å². The summed E-state index contributed by atoms with van der Waals surface area (Å²) in [6.07, 6.45) is 2.67. The number of pyridine rings is 1. The molecule has 2 unspecified atom stereocenters. The first-order chi connectivity index (χ1) is 8.75. The standard InChI is InChI=1S/C13H15N3O2/c17-13(18)9-7-14-5-3-8(9)10-1-2-11-12(16-10)4-6-15-11/h1-2,4,6,8-9,14-15H,3,5,7H2,(H,17,18). The summed E-state index contributed by atoms with van der Waals surface area (Å²) in [7, 11) is 0. The van der Waals surface area contributed by atoms with Gasteiger partial charge in [-0.2, -0.15) is 0 Å². The van der Waals surface area contributed by atoms with E-state index in [-0.39, 0.29) is 11.8 Å². The molecule has 0 spiro atoms. The molecule has 0 bridgehead atoms. The van der Waals surface area contributed by atoms with E-state index in [2.05, 4.69) is 15.3 Å². The molecule has 3 rings (SSSR count). The van der Waals surface area contributed by atoms with Crippen molar-refractivity contribution in [1.82, 2.24) is 15.3 Å². The number of hydrogen-bond acceptors (Lipinski definition) is 3. The molecule has 5 nitrogen and oxygen atoms in total. The van der Waals surface area contributed by atoms with Gasteiger partial charge in [-0.25, -0.2) is 0 Å². The second-order valence-electron chi connectivity index (χ2n) is 4.69. The minimum Gasteiger partial charge on any atom is -0.481 e. The van der Waals surface area contributed by atoms with Crippen LogP contribution < -0.4 is 5.32 Å². The molecule has 2 aromatic rings. The first kappa shape index (κ1) is 11.2. The van der Waals surface area contributed by atoms with Gasteiger partial charge < -0.3 is 15.4 Å². The van der Waals surface area contributed by atoms with Crippen molar-refractivity contribution in [3.63, 3.8) is 0 Å². The summed E-state index contributed by atoms with van der Waals surface area (Å²) >= 11 is 0. The third kappa shape index (κ3) is 1.86. The highest BCUT2D eigenvalue weighted by atomic mass is 16.4. The summed E-state index contributed by atoms with van der Waals surface area (Å²) in [4.78, 5) is 18.9. The number of carboxylic acids is 1. The van der Waals surface area contributed by atoms with Crippen LogP contribution in [-0.2, 0) is 4.79 Å². The SMILES string of the molecule is O=C(O)C1CNCCC1c1ccc2[nH]ccc2n1. The maximum atomic E-state index is 11.3. The Kier molecular flexibility index (Phi) is 2.76. The normalized spacial score (nSPS) is 24.2. The molecule has 0 amide bonds. The van der Waals surface area contributed by atoms with Gasteiger partial charge in [0.05, 0.1) is 17.0 Å². The maximum absolute atomic E-state index is 11.3. The zero-order chi connectivity index (χ0) is 12.5. The van der Waals surface area contributed by atoms with Gasteiger partial charge in [0, 0.05) is 24.4 Å². The first-order valence-electron chi connectivity index (χ1n) is 6.13. The molecule has 1 saturated heterocycles. The lowest BCUT2D eigenvalue weighted by Crippen LogP contribution is -2.39. The molecule has 1 aliphatic rings. The van der Waals surface area contributed by atoms with Crippen molar-refractivity contribution in [2.24, 2.45) is 5.92 Å². The highest BCUT2D eigenvalue weighted by molar-refractivity contribution is 5.75. The van der Waals surface area contributed by atoms with Crippen LogP contribution in [0, 0.1) is 5.92 Å². The number of aromatic nitrogens is 2. The van der Waals surface area contributed by atoms with Crippen molar-refractivity contribution in [1.29, 1.82) is 0 Å². The van der Waals surface area contributed by atoms with Crippen molar-refractivity contribution in [3.8, 4) is 0 Å². The minimum absolute atomic E-state index is 0.00282. The zero-order valence-corrected chi connectivity index (χ0v) is 9.89. The number of piperidine rings is 1. The first-order valence-corrected chi connectivity index (χ1v) is 6.13.